The molecule has 3 rings (SSSR count). The molecule has 1 saturated carbocycles. The normalized spacial score (nSPS) is 26.2. The zero-order valence-corrected chi connectivity index (χ0v) is 12.7. The predicted octanol–water partition coefficient (Wildman–Crippen LogP) is 1.97. The van der Waals surface area contributed by atoms with Gasteiger partial charge < -0.3 is 5.32 Å². The molecule has 110 valence electrons. The van der Waals surface area contributed by atoms with Crippen LogP contribution in [0.1, 0.15) is 31.7 Å². The van der Waals surface area contributed by atoms with E-state index in [2.05, 4.69) is 5.32 Å². The second-order valence-electron chi connectivity index (χ2n) is 5.80. The zero-order valence-electron chi connectivity index (χ0n) is 11.9. The highest BCUT2D eigenvalue weighted by Gasteiger charge is 2.44. The van der Waals surface area contributed by atoms with E-state index >= 15 is 0 Å². The fourth-order valence-electron chi connectivity index (χ4n) is 3.46. The van der Waals surface area contributed by atoms with E-state index in [1.165, 1.54) is 6.42 Å². The zero-order chi connectivity index (χ0) is 14.2. The summed E-state index contributed by atoms with van der Waals surface area (Å²) < 4.78 is 27.6. The van der Waals surface area contributed by atoms with E-state index in [0.717, 1.165) is 24.9 Å². The second kappa shape index (κ2) is 5.47. The fraction of sp³-hybridized carbons (Fsp3) is 0.600. The Labute approximate surface area is 121 Å². The van der Waals surface area contributed by atoms with Crippen molar-refractivity contribution in [3.63, 3.8) is 0 Å². The van der Waals surface area contributed by atoms with Gasteiger partial charge in [-0.15, -0.1) is 0 Å². The number of benzene rings is 1. The third kappa shape index (κ3) is 2.38. The van der Waals surface area contributed by atoms with E-state index < -0.39 is 10.0 Å². The first kappa shape index (κ1) is 14.0. The van der Waals surface area contributed by atoms with Gasteiger partial charge in [0, 0.05) is 19.1 Å². The van der Waals surface area contributed by atoms with Gasteiger partial charge in [-0.25, -0.2) is 8.42 Å². The van der Waals surface area contributed by atoms with Crippen molar-refractivity contribution in [2.45, 2.75) is 43.7 Å². The summed E-state index contributed by atoms with van der Waals surface area (Å²) >= 11 is 0. The summed E-state index contributed by atoms with van der Waals surface area (Å²) in [5, 5.41) is 3.22. The maximum absolute atomic E-state index is 12.9. The standard InChI is InChI=1S/C15H22N2O2S/c1-2-16-10-13-5-3-4-6-15(13)20(18,19)17-11-12-7-8-14(17)9-12/h3-6,12,14,16H,2,7-11H2,1H3. The molecule has 20 heavy (non-hydrogen) atoms. The quantitative estimate of drug-likeness (QED) is 0.903. The number of nitrogens with zero attached hydrogens (tertiary/aromatic N) is 1. The van der Waals surface area contributed by atoms with Gasteiger partial charge in [0.25, 0.3) is 0 Å². The van der Waals surface area contributed by atoms with Crippen molar-refractivity contribution in [3.05, 3.63) is 29.8 Å². The van der Waals surface area contributed by atoms with E-state index in [-0.39, 0.29) is 6.04 Å². The van der Waals surface area contributed by atoms with Crippen LogP contribution in [0.25, 0.3) is 0 Å². The van der Waals surface area contributed by atoms with Gasteiger partial charge in [0.05, 0.1) is 4.90 Å². The number of rotatable bonds is 5. The van der Waals surface area contributed by atoms with Crippen molar-refractivity contribution >= 4 is 10.0 Å². The largest absolute Gasteiger partial charge is 0.313 e. The number of fused-ring (bicyclic) bond motifs is 2. The summed E-state index contributed by atoms with van der Waals surface area (Å²) in [4.78, 5) is 0.480. The lowest BCUT2D eigenvalue weighted by atomic mass is 10.1. The van der Waals surface area contributed by atoms with Gasteiger partial charge in [-0.3, -0.25) is 0 Å². The number of piperidine rings is 1. The lowest BCUT2D eigenvalue weighted by Gasteiger charge is -2.27. The van der Waals surface area contributed by atoms with Crippen LogP contribution in [0.4, 0.5) is 0 Å². The van der Waals surface area contributed by atoms with E-state index in [0.29, 0.717) is 23.9 Å². The Morgan fingerprint density at radius 2 is 2.10 bits per heavy atom. The maximum Gasteiger partial charge on any atom is 0.243 e. The van der Waals surface area contributed by atoms with Crippen molar-refractivity contribution in [1.29, 1.82) is 0 Å². The summed E-state index contributed by atoms with van der Waals surface area (Å²) in [6.07, 6.45) is 3.27. The van der Waals surface area contributed by atoms with Gasteiger partial charge in [0.2, 0.25) is 10.0 Å². The molecule has 4 nitrogen and oxygen atoms in total. The van der Waals surface area contributed by atoms with Gasteiger partial charge >= 0.3 is 0 Å². The van der Waals surface area contributed by atoms with Gasteiger partial charge in [-0.05, 0) is 43.4 Å². The third-order valence-corrected chi connectivity index (χ3v) is 6.50. The number of hydrogen-bond donors (Lipinski definition) is 1. The van der Waals surface area contributed by atoms with Crippen LogP contribution >= 0.6 is 0 Å². The van der Waals surface area contributed by atoms with Crippen molar-refractivity contribution < 1.29 is 8.42 Å². The molecule has 1 aliphatic carbocycles. The average molecular weight is 294 g/mol. The summed E-state index contributed by atoms with van der Waals surface area (Å²) in [5.74, 6) is 0.579. The molecular formula is C15H22N2O2S. The number of nitrogens with one attached hydrogen (secondary N) is 1. The molecule has 2 unspecified atom stereocenters. The molecule has 2 aliphatic rings. The molecule has 1 aromatic rings. The van der Waals surface area contributed by atoms with Crippen LogP contribution in [0.3, 0.4) is 0 Å². The summed E-state index contributed by atoms with van der Waals surface area (Å²) in [6.45, 7) is 4.18. The molecular weight excluding hydrogens is 272 g/mol. The summed E-state index contributed by atoms with van der Waals surface area (Å²) in [6, 6.07) is 7.60. The Kier molecular flexibility index (Phi) is 3.84. The van der Waals surface area contributed by atoms with Gasteiger partial charge in [0.1, 0.15) is 0 Å². The minimum absolute atomic E-state index is 0.234. The predicted molar refractivity (Wildman–Crippen MR) is 78.8 cm³/mol. The Morgan fingerprint density at radius 1 is 1.30 bits per heavy atom. The molecule has 0 amide bonds. The van der Waals surface area contributed by atoms with E-state index in [1.807, 2.05) is 25.1 Å². The SMILES string of the molecule is CCNCc1ccccc1S(=O)(=O)N1CC2CCC1C2. The van der Waals surface area contributed by atoms with E-state index in [4.69, 9.17) is 0 Å². The molecule has 2 atom stereocenters. The van der Waals surface area contributed by atoms with Gasteiger partial charge in [0.15, 0.2) is 0 Å². The maximum atomic E-state index is 12.9. The monoisotopic (exact) mass is 294 g/mol. The third-order valence-electron chi connectivity index (χ3n) is 4.48. The fourth-order valence-corrected chi connectivity index (χ4v) is 5.43. The first-order valence-electron chi connectivity index (χ1n) is 7.43. The van der Waals surface area contributed by atoms with Crippen LogP contribution in [0.2, 0.25) is 0 Å². The van der Waals surface area contributed by atoms with Gasteiger partial charge in [-0.1, -0.05) is 25.1 Å². The Morgan fingerprint density at radius 3 is 2.75 bits per heavy atom. The summed E-state index contributed by atoms with van der Waals surface area (Å²) in [5.41, 5.74) is 0.872. The van der Waals surface area contributed by atoms with Crippen LogP contribution < -0.4 is 5.32 Å². The highest BCUT2D eigenvalue weighted by molar-refractivity contribution is 7.89. The number of hydrogen-bond acceptors (Lipinski definition) is 3. The number of sulfonamides is 1. The van der Waals surface area contributed by atoms with Crippen molar-refractivity contribution in [1.82, 2.24) is 9.62 Å². The molecule has 2 bridgehead atoms. The van der Waals surface area contributed by atoms with Crippen molar-refractivity contribution in [3.8, 4) is 0 Å². The lowest BCUT2D eigenvalue weighted by molar-refractivity contribution is 0.333. The molecule has 2 fully saturated rings. The first-order valence-corrected chi connectivity index (χ1v) is 8.87. The molecule has 1 heterocycles. The van der Waals surface area contributed by atoms with Crippen LogP contribution in [0.5, 0.6) is 0 Å². The van der Waals surface area contributed by atoms with Crippen LogP contribution in [0, 0.1) is 5.92 Å². The average Bonchev–Trinajstić information content (AvgIpc) is 3.08. The molecule has 1 aromatic carbocycles. The molecule has 5 heteroatoms. The first-order chi connectivity index (χ1) is 9.63. The Hall–Kier alpha value is -0.910. The van der Waals surface area contributed by atoms with Crippen LogP contribution in [-0.4, -0.2) is 31.9 Å². The summed E-state index contributed by atoms with van der Waals surface area (Å²) in [7, 11) is -3.34. The minimum Gasteiger partial charge on any atom is -0.313 e. The Balaban J connectivity index is 1.91. The second-order valence-corrected chi connectivity index (χ2v) is 7.65. The Bertz CT molecular complexity index is 585. The smallest absolute Gasteiger partial charge is 0.243 e. The lowest BCUT2D eigenvalue weighted by Crippen LogP contribution is -2.38. The van der Waals surface area contributed by atoms with Crippen LogP contribution in [-0.2, 0) is 16.6 Å². The van der Waals surface area contributed by atoms with Crippen molar-refractivity contribution in [2.24, 2.45) is 5.92 Å². The van der Waals surface area contributed by atoms with Crippen LogP contribution in [0.15, 0.2) is 29.2 Å². The van der Waals surface area contributed by atoms with Gasteiger partial charge in [-0.2, -0.15) is 4.31 Å². The van der Waals surface area contributed by atoms with E-state index in [9.17, 15) is 8.42 Å². The highest BCUT2D eigenvalue weighted by atomic mass is 32.2. The molecule has 1 saturated heterocycles. The van der Waals surface area contributed by atoms with E-state index in [1.54, 1.807) is 10.4 Å². The molecule has 1 aliphatic heterocycles. The molecule has 0 spiro atoms. The van der Waals surface area contributed by atoms with Crippen molar-refractivity contribution in [2.75, 3.05) is 13.1 Å². The molecule has 0 radical (unpaired) electrons. The minimum atomic E-state index is -3.34. The highest BCUT2D eigenvalue weighted by Crippen LogP contribution is 2.40. The molecule has 0 aromatic heterocycles. The molecule has 1 N–H and O–H groups in total. The topological polar surface area (TPSA) is 49.4 Å².